The van der Waals surface area contributed by atoms with Gasteiger partial charge in [0.1, 0.15) is 5.82 Å². The highest BCUT2D eigenvalue weighted by atomic mass is 16.2. The second-order valence-corrected chi connectivity index (χ2v) is 4.76. The predicted molar refractivity (Wildman–Crippen MR) is 68.3 cm³/mol. The van der Waals surface area contributed by atoms with Crippen molar-refractivity contribution in [3.8, 4) is 0 Å². The van der Waals surface area contributed by atoms with Crippen LogP contribution in [0.2, 0.25) is 0 Å². The van der Waals surface area contributed by atoms with E-state index in [4.69, 9.17) is 0 Å². The van der Waals surface area contributed by atoms with Crippen LogP contribution in [-0.2, 0) is 6.42 Å². The lowest BCUT2D eigenvalue weighted by molar-refractivity contribution is 0.0934. The molecular formula is C12H21N5O. The normalized spacial score (nSPS) is 16.7. The summed E-state index contributed by atoms with van der Waals surface area (Å²) in [5.74, 6) is 1.44. The lowest BCUT2D eigenvalue weighted by Gasteiger charge is -2.22. The van der Waals surface area contributed by atoms with Crippen molar-refractivity contribution in [2.24, 2.45) is 5.92 Å². The third-order valence-corrected chi connectivity index (χ3v) is 3.23. The number of hydrogen-bond donors (Lipinski definition) is 3. The number of carbonyl (C=O) groups is 1. The molecule has 18 heavy (non-hydrogen) atoms. The zero-order valence-electron chi connectivity index (χ0n) is 10.8. The van der Waals surface area contributed by atoms with Crippen molar-refractivity contribution in [3.05, 3.63) is 11.6 Å². The molecule has 1 fully saturated rings. The number of aromatic nitrogens is 3. The van der Waals surface area contributed by atoms with Crippen molar-refractivity contribution in [3.63, 3.8) is 0 Å². The van der Waals surface area contributed by atoms with Gasteiger partial charge in [-0.25, -0.2) is 4.98 Å². The largest absolute Gasteiger partial charge is 0.349 e. The fourth-order valence-electron chi connectivity index (χ4n) is 2.15. The lowest BCUT2D eigenvalue weighted by Crippen LogP contribution is -2.36. The Kier molecular flexibility index (Phi) is 4.69. The number of aromatic amines is 1. The average Bonchev–Trinajstić information content (AvgIpc) is 2.86. The zero-order valence-corrected chi connectivity index (χ0v) is 10.8. The Morgan fingerprint density at radius 3 is 2.94 bits per heavy atom. The Morgan fingerprint density at radius 2 is 2.22 bits per heavy atom. The van der Waals surface area contributed by atoms with E-state index in [9.17, 15) is 4.79 Å². The van der Waals surface area contributed by atoms with E-state index < -0.39 is 0 Å². The minimum Gasteiger partial charge on any atom is -0.349 e. The second kappa shape index (κ2) is 6.49. The van der Waals surface area contributed by atoms with Crippen LogP contribution in [0.5, 0.6) is 0 Å². The molecule has 1 saturated heterocycles. The van der Waals surface area contributed by atoms with Gasteiger partial charge >= 0.3 is 0 Å². The van der Waals surface area contributed by atoms with Crippen LogP contribution in [0.4, 0.5) is 0 Å². The highest BCUT2D eigenvalue weighted by Crippen LogP contribution is 2.09. The molecule has 1 aliphatic heterocycles. The van der Waals surface area contributed by atoms with Gasteiger partial charge in [0.2, 0.25) is 5.82 Å². The van der Waals surface area contributed by atoms with E-state index in [1.54, 1.807) is 0 Å². The van der Waals surface area contributed by atoms with E-state index in [1.165, 1.54) is 0 Å². The Bertz CT molecular complexity index is 384. The predicted octanol–water partition coefficient (Wildman–Crippen LogP) is 0.487. The molecule has 100 valence electrons. The van der Waals surface area contributed by atoms with Gasteiger partial charge in [-0.2, -0.15) is 0 Å². The molecule has 1 aliphatic rings. The number of carbonyl (C=O) groups excluding carboxylic acids is 1. The fourth-order valence-corrected chi connectivity index (χ4v) is 2.15. The van der Waals surface area contributed by atoms with Crippen LogP contribution < -0.4 is 10.6 Å². The number of nitrogens with one attached hydrogen (secondary N) is 3. The highest BCUT2D eigenvalue weighted by molar-refractivity contribution is 5.90. The molecular weight excluding hydrogens is 230 g/mol. The number of piperidine rings is 1. The Morgan fingerprint density at radius 1 is 1.44 bits per heavy atom. The molecule has 0 aliphatic carbocycles. The molecule has 3 N–H and O–H groups in total. The van der Waals surface area contributed by atoms with Gasteiger partial charge in [-0.1, -0.05) is 6.92 Å². The van der Waals surface area contributed by atoms with Crippen LogP contribution in [0, 0.1) is 5.92 Å². The maximum absolute atomic E-state index is 11.8. The average molecular weight is 251 g/mol. The first-order chi connectivity index (χ1) is 8.79. The van der Waals surface area contributed by atoms with Crippen LogP contribution in [-0.4, -0.2) is 40.7 Å². The van der Waals surface area contributed by atoms with Gasteiger partial charge in [-0.05, 0) is 38.3 Å². The first-order valence-corrected chi connectivity index (χ1v) is 6.69. The molecule has 0 unspecified atom stereocenters. The summed E-state index contributed by atoms with van der Waals surface area (Å²) in [4.78, 5) is 16.0. The molecule has 0 atom stereocenters. The Labute approximate surface area is 107 Å². The molecule has 0 bridgehead atoms. The summed E-state index contributed by atoms with van der Waals surface area (Å²) in [7, 11) is 0. The van der Waals surface area contributed by atoms with Crippen LogP contribution >= 0.6 is 0 Å². The maximum atomic E-state index is 11.8. The van der Waals surface area contributed by atoms with Gasteiger partial charge in [0.15, 0.2) is 0 Å². The smallest absolute Gasteiger partial charge is 0.290 e. The molecule has 2 rings (SSSR count). The summed E-state index contributed by atoms with van der Waals surface area (Å²) in [6.07, 6.45) is 4.06. The summed E-state index contributed by atoms with van der Waals surface area (Å²) < 4.78 is 0. The molecule has 0 spiro atoms. The standard InChI is InChI=1S/C12H21N5O/c1-2-3-10-15-11(17-16-10)12(18)14-8-9-4-6-13-7-5-9/h9,13H,2-8H2,1H3,(H,14,18)(H,15,16,17). The minimum atomic E-state index is -0.174. The van der Waals surface area contributed by atoms with Crippen LogP contribution in [0.1, 0.15) is 42.6 Å². The van der Waals surface area contributed by atoms with Gasteiger partial charge in [0.25, 0.3) is 5.91 Å². The van der Waals surface area contributed by atoms with Gasteiger partial charge in [0.05, 0.1) is 0 Å². The third-order valence-electron chi connectivity index (χ3n) is 3.23. The molecule has 1 aromatic heterocycles. The number of nitrogens with zero attached hydrogens (tertiary/aromatic N) is 2. The van der Waals surface area contributed by atoms with Crippen molar-refractivity contribution in [1.82, 2.24) is 25.8 Å². The van der Waals surface area contributed by atoms with Crippen molar-refractivity contribution in [2.45, 2.75) is 32.6 Å². The molecule has 1 aromatic rings. The van der Waals surface area contributed by atoms with E-state index in [-0.39, 0.29) is 11.7 Å². The summed E-state index contributed by atoms with van der Waals surface area (Å²) >= 11 is 0. The van der Waals surface area contributed by atoms with Gasteiger partial charge in [-0.3, -0.25) is 9.89 Å². The van der Waals surface area contributed by atoms with E-state index in [1.807, 2.05) is 0 Å². The SMILES string of the molecule is CCCc1nc(C(=O)NCC2CCNCC2)n[nH]1. The number of amides is 1. The van der Waals surface area contributed by atoms with Crippen LogP contribution in [0.3, 0.4) is 0 Å². The zero-order chi connectivity index (χ0) is 12.8. The van der Waals surface area contributed by atoms with Crippen molar-refractivity contribution in [2.75, 3.05) is 19.6 Å². The molecule has 0 aromatic carbocycles. The molecule has 2 heterocycles. The molecule has 6 heteroatoms. The number of hydrogen-bond acceptors (Lipinski definition) is 4. The second-order valence-electron chi connectivity index (χ2n) is 4.76. The molecule has 0 radical (unpaired) electrons. The van der Waals surface area contributed by atoms with E-state index >= 15 is 0 Å². The number of rotatable bonds is 5. The van der Waals surface area contributed by atoms with Gasteiger partial charge in [0, 0.05) is 13.0 Å². The number of H-pyrrole nitrogens is 1. The lowest BCUT2D eigenvalue weighted by atomic mass is 9.98. The van der Waals surface area contributed by atoms with Gasteiger partial charge < -0.3 is 10.6 Å². The van der Waals surface area contributed by atoms with Crippen LogP contribution in [0.15, 0.2) is 0 Å². The summed E-state index contributed by atoms with van der Waals surface area (Å²) in [6, 6.07) is 0. The fraction of sp³-hybridized carbons (Fsp3) is 0.750. The van der Waals surface area contributed by atoms with Crippen LogP contribution in [0.25, 0.3) is 0 Å². The minimum absolute atomic E-state index is 0.174. The molecule has 6 nitrogen and oxygen atoms in total. The van der Waals surface area contributed by atoms with Crippen molar-refractivity contribution >= 4 is 5.91 Å². The van der Waals surface area contributed by atoms with E-state index in [2.05, 4.69) is 32.7 Å². The summed E-state index contributed by atoms with van der Waals surface area (Å²) in [5.41, 5.74) is 0. The van der Waals surface area contributed by atoms with E-state index in [0.29, 0.717) is 5.92 Å². The summed E-state index contributed by atoms with van der Waals surface area (Å²) in [6.45, 7) is 4.88. The highest BCUT2D eigenvalue weighted by Gasteiger charge is 2.16. The van der Waals surface area contributed by atoms with Crippen molar-refractivity contribution in [1.29, 1.82) is 0 Å². The first-order valence-electron chi connectivity index (χ1n) is 6.69. The quantitative estimate of drug-likeness (QED) is 0.711. The topological polar surface area (TPSA) is 82.7 Å². The summed E-state index contributed by atoms with van der Waals surface area (Å²) in [5, 5.41) is 13.0. The maximum Gasteiger partial charge on any atom is 0.290 e. The monoisotopic (exact) mass is 251 g/mol. The van der Waals surface area contributed by atoms with Crippen molar-refractivity contribution < 1.29 is 4.79 Å². The number of aryl methyl sites for hydroxylation is 1. The Balaban J connectivity index is 1.79. The third kappa shape index (κ3) is 3.53. The first kappa shape index (κ1) is 13.0. The molecule has 0 saturated carbocycles. The molecule has 1 amide bonds. The van der Waals surface area contributed by atoms with Gasteiger partial charge in [-0.15, -0.1) is 5.10 Å². The van der Waals surface area contributed by atoms with E-state index in [0.717, 1.165) is 51.1 Å². The Hall–Kier alpha value is -1.43.